The van der Waals surface area contributed by atoms with Crippen molar-refractivity contribution in [3.8, 4) is 5.75 Å². The highest BCUT2D eigenvalue weighted by Gasteiger charge is 2.07. The second kappa shape index (κ2) is 10.8. The number of hydrogen-bond donors (Lipinski definition) is 1. The van der Waals surface area contributed by atoms with Crippen molar-refractivity contribution in [2.24, 2.45) is 0 Å². The first-order valence-corrected chi connectivity index (χ1v) is 10.1. The second-order valence-electron chi connectivity index (χ2n) is 7.10. The summed E-state index contributed by atoms with van der Waals surface area (Å²) in [5.74, 6) is 0.886. The number of rotatable bonds is 11. The van der Waals surface area contributed by atoms with E-state index >= 15 is 0 Å². The first kappa shape index (κ1) is 21.1. The van der Waals surface area contributed by atoms with Crippen molar-refractivity contribution in [2.75, 3.05) is 26.9 Å². The molecule has 29 heavy (non-hydrogen) atoms. The van der Waals surface area contributed by atoms with Gasteiger partial charge in [-0.2, -0.15) is 0 Å². The zero-order chi connectivity index (χ0) is 20.5. The molecule has 0 aliphatic heterocycles. The van der Waals surface area contributed by atoms with Crippen LogP contribution in [0.15, 0.2) is 53.3 Å². The topological polar surface area (TPSA) is 60.6 Å². The number of methoxy groups -OCH3 is 1. The minimum Gasteiger partial charge on any atom is -0.494 e. The van der Waals surface area contributed by atoms with Gasteiger partial charge in [-0.15, -0.1) is 0 Å². The highest BCUT2D eigenvalue weighted by molar-refractivity contribution is 5.79. The molecule has 2 aromatic carbocycles. The molecule has 0 saturated carbocycles. The summed E-state index contributed by atoms with van der Waals surface area (Å²) in [5.41, 5.74) is 3.73. The fraction of sp³-hybridized carbons (Fsp3) is 0.375. The maximum absolute atomic E-state index is 12.4. The quantitative estimate of drug-likeness (QED) is 0.489. The molecule has 154 valence electrons. The van der Waals surface area contributed by atoms with Crippen molar-refractivity contribution in [1.29, 1.82) is 0 Å². The Morgan fingerprint density at radius 2 is 1.69 bits per heavy atom. The molecule has 1 N–H and O–H groups in total. The summed E-state index contributed by atoms with van der Waals surface area (Å²) < 4.78 is 16.6. The van der Waals surface area contributed by atoms with Gasteiger partial charge in [0.15, 0.2) is 5.43 Å². The Hall–Kier alpha value is -2.63. The number of para-hydroxylation sites is 1. The van der Waals surface area contributed by atoms with Gasteiger partial charge in [0.1, 0.15) is 5.75 Å². The van der Waals surface area contributed by atoms with E-state index in [0.29, 0.717) is 19.8 Å². The van der Waals surface area contributed by atoms with Crippen LogP contribution in [0.4, 0.5) is 0 Å². The Bertz CT molecular complexity index is 963. The molecule has 5 nitrogen and oxygen atoms in total. The molecule has 3 rings (SSSR count). The second-order valence-corrected chi connectivity index (χ2v) is 7.10. The van der Waals surface area contributed by atoms with Gasteiger partial charge in [-0.05, 0) is 56.0 Å². The maximum Gasteiger partial charge on any atom is 0.192 e. The van der Waals surface area contributed by atoms with E-state index in [1.165, 1.54) is 5.56 Å². The van der Waals surface area contributed by atoms with E-state index in [0.717, 1.165) is 53.8 Å². The van der Waals surface area contributed by atoms with E-state index in [1.54, 1.807) is 7.11 Å². The Balaban J connectivity index is 1.37. The Labute approximate surface area is 171 Å². The number of pyridine rings is 1. The largest absolute Gasteiger partial charge is 0.494 e. The lowest BCUT2D eigenvalue weighted by atomic mass is 10.1. The number of aromatic amines is 1. The average molecular weight is 395 g/mol. The molecule has 0 amide bonds. The molecule has 0 atom stereocenters. The van der Waals surface area contributed by atoms with Crippen LogP contribution in [0.25, 0.3) is 10.9 Å². The molecule has 0 bridgehead atoms. The number of unbranched alkanes of at least 4 members (excludes halogenated alkanes) is 1. The lowest BCUT2D eigenvalue weighted by molar-refractivity contribution is 0.111. The summed E-state index contributed by atoms with van der Waals surface area (Å²) in [6.45, 7) is 4.28. The van der Waals surface area contributed by atoms with E-state index in [1.807, 2.05) is 43.3 Å². The van der Waals surface area contributed by atoms with E-state index in [4.69, 9.17) is 14.2 Å². The van der Waals surface area contributed by atoms with Gasteiger partial charge in [0, 0.05) is 35.9 Å². The smallest absolute Gasteiger partial charge is 0.192 e. The molecule has 0 unspecified atom stereocenters. The Morgan fingerprint density at radius 1 is 0.931 bits per heavy atom. The summed E-state index contributed by atoms with van der Waals surface area (Å²) in [6, 6.07) is 15.7. The van der Waals surface area contributed by atoms with Gasteiger partial charge in [-0.3, -0.25) is 4.79 Å². The van der Waals surface area contributed by atoms with E-state index in [-0.39, 0.29) is 5.43 Å². The fourth-order valence-corrected chi connectivity index (χ4v) is 3.17. The highest BCUT2D eigenvalue weighted by Crippen LogP contribution is 2.14. The summed E-state index contributed by atoms with van der Waals surface area (Å²) >= 11 is 0. The molecule has 3 aromatic rings. The van der Waals surface area contributed by atoms with Crippen LogP contribution in [-0.2, 0) is 22.5 Å². The third-order valence-electron chi connectivity index (χ3n) is 4.97. The van der Waals surface area contributed by atoms with E-state index in [9.17, 15) is 4.79 Å². The molecule has 0 radical (unpaired) electrons. The van der Waals surface area contributed by atoms with Crippen LogP contribution in [0, 0.1) is 6.92 Å². The minimum absolute atomic E-state index is 0.0691. The van der Waals surface area contributed by atoms with Crippen molar-refractivity contribution < 1.29 is 14.2 Å². The lowest BCUT2D eigenvalue weighted by Crippen LogP contribution is -2.12. The lowest BCUT2D eigenvalue weighted by Gasteiger charge is -2.10. The van der Waals surface area contributed by atoms with Gasteiger partial charge < -0.3 is 19.2 Å². The van der Waals surface area contributed by atoms with Gasteiger partial charge in [0.25, 0.3) is 0 Å². The van der Waals surface area contributed by atoms with Crippen LogP contribution in [0.1, 0.15) is 29.7 Å². The monoisotopic (exact) mass is 395 g/mol. The number of fused-ring (bicyclic) bond motifs is 1. The molecule has 5 heteroatoms. The van der Waals surface area contributed by atoms with Crippen molar-refractivity contribution in [3.05, 3.63) is 75.6 Å². The van der Waals surface area contributed by atoms with Crippen molar-refractivity contribution in [2.45, 2.75) is 32.8 Å². The number of hydrogen-bond acceptors (Lipinski definition) is 4. The molecule has 0 fully saturated rings. The standard InChI is InChI=1S/C24H29NO4/c1-18-23(25-22-8-4-3-7-21(22)24(18)26)17-28-14-5-6-15-29-20-11-9-19(10-12-20)13-16-27-2/h3-4,7-12H,5-6,13-17H2,1-2H3,(H,25,26). The zero-order valence-electron chi connectivity index (χ0n) is 17.2. The summed E-state index contributed by atoms with van der Waals surface area (Å²) in [6.07, 6.45) is 2.73. The third kappa shape index (κ3) is 5.92. The highest BCUT2D eigenvalue weighted by atomic mass is 16.5. The van der Waals surface area contributed by atoms with Gasteiger partial charge in [-0.25, -0.2) is 0 Å². The molecule has 0 saturated heterocycles. The number of H-pyrrole nitrogens is 1. The number of ether oxygens (including phenoxy) is 3. The van der Waals surface area contributed by atoms with Crippen LogP contribution < -0.4 is 10.2 Å². The molecular weight excluding hydrogens is 366 g/mol. The molecule has 0 aliphatic carbocycles. The van der Waals surface area contributed by atoms with Crippen LogP contribution in [0.3, 0.4) is 0 Å². The maximum atomic E-state index is 12.4. The predicted octanol–water partition coefficient (Wildman–Crippen LogP) is 4.40. The SMILES string of the molecule is COCCc1ccc(OCCCCOCc2[nH]c3ccccc3c(=O)c2C)cc1. The van der Waals surface area contributed by atoms with Crippen LogP contribution >= 0.6 is 0 Å². The third-order valence-corrected chi connectivity index (χ3v) is 4.97. The Kier molecular flexibility index (Phi) is 7.85. The normalized spacial score (nSPS) is 11.1. The van der Waals surface area contributed by atoms with Crippen LogP contribution in [0.2, 0.25) is 0 Å². The summed E-state index contributed by atoms with van der Waals surface area (Å²) in [5, 5.41) is 0.720. The zero-order valence-corrected chi connectivity index (χ0v) is 17.2. The average Bonchev–Trinajstić information content (AvgIpc) is 2.75. The van der Waals surface area contributed by atoms with Crippen molar-refractivity contribution >= 4 is 10.9 Å². The molecular formula is C24H29NO4. The first-order chi connectivity index (χ1) is 14.2. The van der Waals surface area contributed by atoms with Gasteiger partial charge in [0.2, 0.25) is 0 Å². The minimum atomic E-state index is 0.0691. The summed E-state index contributed by atoms with van der Waals surface area (Å²) in [7, 11) is 1.71. The number of benzene rings is 2. The van der Waals surface area contributed by atoms with Gasteiger partial charge >= 0.3 is 0 Å². The first-order valence-electron chi connectivity index (χ1n) is 10.1. The van der Waals surface area contributed by atoms with E-state index in [2.05, 4.69) is 17.1 Å². The van der Waals surface area contributed by atoms with Crippen LogP contribution in [-0.4, -0.2) is 31.9 Å². The van der Waals surface area contributed by atoms with Crippen LogP contribution in [0.5, 0.6) is 5.75 Å². The predicted molar refractivity (Wildman–Crippen MR) is 116 cm³/mol. The van der Waals surface area contributed by atoms with Crippen molar-refractivity contribution in [1.82, 2.24) is 4.98 Å². The number of aromatic nitrogens is 1. The van der Waals surface area contributed by atoms with Gasteiger partial charge in [-0.1, -0.05) is 24.3 Å². The van der Waals surface area contributed by atoms with Crippen molar-refractivity contribution in [3.63, 3.8) is 0 Å². The molecule has 1 heterocycles. The molecule has 1 aromatic heterocycles. The number of nitrogens with one attached hydrogen (secondary N) is 1. The fourth-order valence-electron chi connectivity index (χ4n) is 3.17. The van der Waals surface area contributed by atoms with E-state index < -0.39 is 0 Å². The molecule has 0 spiro atoms. The van der Waals surface area contributed by atoms with Gasteiger partial charge in [0.05, 0.1) is 19.8 Å². The Morgan fingerprint density at radius 3 is 2.48 bits per heavy atom. The molecule has 0 aliphatic rings. The summed E-state index contributed by atoms with van der Waals surface area (Å²) in [4.78, 5) is 15.8.